The Morgan fingerprint density at radius 3 is 2.24 bits per heavy atom. The number of carbonyl (C=O) groups excluding carboxylic acids is 1. The number of rotatable bonds is 9. The Kier molecular flexibility index (Phi) is 7.12. The van der Waals surface area contributed by atoms with E-state index in [4.69, 9.17) is 23.0 Å². The zero-order chi connectivity index (χ0) is 23.2. The summed E-state index contributed by atoms with van der Waals surface area (Å²) in [5.41, 5.74) is 0.416. The first-order chi connectivity index (χ1) is 16.1. The number of hydrogen-bond donors (Lipinski definition) is 0. The van der Waals surface area contributed by atoms with Crippen LogP contribution in [-0.2, 0) is 13.1 Å². The fourth-order valence-corrected chi connectivity index (χ4v) is 4.10. The van der Waals surface area contributed by atoms with Crippen molar-refractivity contribution in [2.24, 2.45) is 0 Å². The van der Waals surface area contributed by atoms with Gasteiger partial charge >= 0.3 is 0 Å². The van der Waals surface area contributed by atoms with Gasteiger partial charge in [0, 0.05) is 24.7 Å². The summed E-state index contributed by atoms with van der Waals surface area (Å²) in [6.45, 7) is 2.58. The lowest BCUT2D eigenvalue weighted by Gasteiger charge is -2.26. The van der Waals surface area contributed by atoms with Crippen LogP contribution in [0.5, 0.6) is 17.2 Å². The highest BCUT2D eigenvalue weighted by molar-refractivity contribution is 5.95. The lowest BCUT2D eigenvalue weighted by Crippen LogP contribution is -2.30. The van der Waals surface area contributed by atoms with Gasteiger partial charge in [0.05, 0.1) is 40.7 Å². The van der Waals surface area contributed by atoms with Crippen LogP contribution in [0.4, 0.5) is 5.88 Å². The van der Waals surface area contributed by atoms with Gasteiger partial charge in [-0.3, -0.25) is 4.79 Å². The highest BCUT2D eigenvalue weighted by Gasteiger charge is 2.24. The van der Waals surface area contributed by atoms with Crippen LogP contribution in [0.15, 0.2) is 51.5 Å². The topological polar surface area (TPSA) is 77.5 Å². The first-order valence-corrected chi connectivity index (χ1v) is 11.1. The van der Waals surface area contributed by atoms with E-state index in [1.54, 1.807) is 29.4 Å². The smallest absolute Gasteiger partial charge is 0.254 e. The van der Waals surface area contributed by atoms with E-state index in [-0.39, 0.29) is 5.91 Å². The van der Waals surface area contributed by atoms with Gasteiger partial charge in [-0.15, -0.1) is 0 Å². The van der Waals surface area contributed by atoms with Gasteiger partial charge in [-0.25, -0.2) is 0 Å². The van der Waals surface area contributed by atoms with E-state index in [9.17, 15) is 4.79 Å². The number of furan rings is 2. The van der Waals surface area contributed by atoms with Gasteiger partial charge in [0.15, 0.2) is 17.4 Å². The molecular weight excluding hydrogens is 424 g/mol. The second kappa shape index (κ2) is 10.4. The summed E-state index contributed by atoms with van der Waals surface area (Å²) in [5.74, 6) is 3.31. The molecule has 0 radical (unpaired) electrons. The van der Waals surface area contributed by atoms with Crippen molar-refractivity contribution in [3.05, 3.63) is 59.7 Å². The summed E-state index contributed by atoms with van der Waals surface area (Å²) in [6.07, 6.45) is 5.18. The first-order valence-electron chi connectivity index (χ1n) is 11.1. The van der Waals surface area contributed by atoms with Crippen LogP contribution in [0.25, 0.3) is 0 Å². The van der Waals surface area contributed by atoms with Crippen LogP contribution in [-0.4, -0.2) is 45.2 Å². The maximum Gasteiger partial charge on any atom is 0.254 e. The van der Waals surface area contributed by atoms with Crippen LogP contribution in [0.2, 0.25) is 0 Å². The molecular formula is C25H30N2O6. The summed E-state index contributed by atoms with van der Waals surface area (Å²) in [6, 6.07) is 10.9. The highest BCUT2D eigenvalue weighted by Crippen LogP contribution is 2.38. The van der Waals surface area contributed by atoms with Crippen LogP contribution < -0.4 is 19.1 Å². The van der Waals surface area contributed by atoms with Crippen molar-refractivity contribution in [3.63, 3.8) is 0 Å². The van der Waals surface area contributed by atoms with E-state index >= 15 is 0 Å². The third-order valence-corrected chi connectivity index (χ3v) is 5.79. The summed E-state index contributed by atoms with van der Waals surface area (Å²) in [4.78, 5) is 17.5. The fraction of sp³-hybridized carbons (Fsp3) is 0.400. The minimum absolute atomic E-state index is 0.207. The van der Waals surface area contributed by atoms with Gasteiger partial charge in [-0.05, 0) is 49.6 Å². The van der Waals surface area contributed by atoms with Crippen molar-refractivity contribution < 1.29 is 27.8 Å². The van der Waals surface area contributed by atoms with Crippen molar-refractivity contribution in [2.75, 3.05) is 39.3 Å². The molecule has 0 unspecified atom stereocenters. The van der Waals surface area contributed by atoms with Gasteiger partial charge in [0.2, 0.25) is 5.75 Å². The van der Waals surface area contributed by atoms with Crippen molar-refractivity contribution in [1.82, 2.24) is 4.90 Å². The lowest BCUT2D eigenvalue weighted by molar-refractivity contribution is 0.0704. The van der Waals surface area contributed by atoms with Gasteiger partial charge < -0.3 is 32.8 Å². The molecule has 33 heavy (non-hydrogen) atoms. The fourth-order valence-electron chi connectivity index (χ4n) is 4.10. The van der Waals surface area contributed by atoms with Gasteiger partial charge in [0.1, 0.15) is 11.5 Å². The van der Waals surface area contributed by atoms with Crippen molar-refractivity contribution >= 4 is 11.8 Å². The second-order valence-corrected chi connectivity index (χ2v) is 7.94. The number of hydrogen-bond acceptors (Lipinski definition) is 7. The van der Waals surface area contributed by atoms with Crippen molar-refractivity contribution in [3.8, 4) is 17.2 Å². The number of amides is 1. The van der Waals surface area contributed by atoms with Gasteiger partial charge in [-0.2, -0.15) is 0 Å². The largest absolute Gasteiger partial charge is 0.493 e. The Balaban J connectivity index is 1.61. The third kappa shape index (κ3) is 5.10. The standard InChI is InChI=1S/C25H30N2O6/c1-29-21-14-18(15-22(30-2)24(21)31-3)25(28)27(16-19-8-7-13-32-19)17-20-9-10-23(33-20)26-11-5-4-6-12-26/h7-10,13-15H,4-6,11-12,16-17H2,1-3H3. The minimum atomic E-state index is -0.207. The van der Waals surface area contributed by atoms with E-state index in [1.165, 1.54) is 40.6 Å². The molecule has 8 heteroatoms. The molecule has 0 spiro atoms. The zero-order valence-electron chi connectivity index (χ0n) is 19.3. The van der Waals surface area contributed by atoms with Crippen LogP contribution in [0, 0.1) is 0 Å². The molecule has 1 saturated heterocycles. The number of benzene rings is 1. The summed E-state index contributed by atoms with van der Waals surface area (Å²) in [7, 11) is 4.58. The molecule has 0 saturated carbocycles. The first kappa shape index (κ1) is 22.6. The molecule has 4 rings (SSSR count). The summed E-state index contributed by atoms with van der Waals surface area (Å²) < 4.78 is 27.9. The maximum atomic E-state index is 13.6. The molecule has 8 nitrogen and oxygen atoms in total. The Hall–Kier alpha value is -3.55. The molecule has 1 aliphatic rings. The molecule has 0 aliphatic carbocycles. The second-order valence-electron chi connectivity index (χ2n) is 7.94. The number of carbonyl (C=O) groups is 1. The van der Waals surface area contributed by atoms with E-state index in [0.717, 1.165) is 19.0 Å². The van der Waals surface area contributed by atoms with E-state index < -0.39 is 0 Å². The summed E-state index contributed by atoms with van der Waals surface area (Å²) in [5, 5.41) is 0. The minimum Gasteiger partial charge on any atom is -0.493 e. The van der Waals surface area contributed by atoms with Crippen molar-refractivity contribution in [2.45, 2.75) is 32.4 Å². The highest BCUT2D eigenvalue weighted by atomic mass is 16.5. The average molecular weight is 455 g/mol. The molecule has 0 bridgehead atoms. The monoisotopic (exact) mass is 454 g/mol. The summed E-state index contributed by atoms with van der Waals surface area (Å²) >= 11 is 0. The Morgan fingerprint density at radius 1 is 0.939 bits per heavy atom. The van der Waals surface area contributed by atoms with Gasteiger partial charge in [-0.1, -0.05) is 0 Å². The van der Waals surface area contributed by atoms with E-state index in [1.807, 2.05) is 18.2 Å². The molecule has 1 fully saturated rings. The zero-order valence-corrected chi connectivity index (χ0v) is 19.3. The molecule has 0 atom stereocenters. The average Bonchev–Trinajstić information content (AvgIpc) is 3.55. The predicted molar refractivity (Wildman–Crippen MR) is 123 cm³/mol. The van der Waals surface area contributed by atoms with Crippen LogP contribution >= 0.6 is 0 Å². The number of ether oxygens (including phenoxy) is 3. The quantitative estimate of drug-likeness (QED) is 0.462. The SMILES string of the molecule is COc1cc(C(=O)N(Cc2ccco2)Cc2ccc(N3CCCCC3)o2)cc(OC)c1OC. The Morgan fingerprint density at radius 2 is 1.64 bits per heavy atom. The lowest BCUT2D eigenvalue weighted by atomic mass is 10.1. The van der Waals surface area contributed by atoms with E-state index in [2.05, 4.69) is 4.90 Å². The molecule has 3 aromatic rings. The molecule has 2 aromatic heterocycles. The Bertz CT molecular complexity index is 1030. The van der Waals surface area contributed by atoms with Crippen molar-refractivity contribution in [1.29, 1.82) is 0 Å². The number of methoxy groups -OCH3 is 3. The molecule has 176 valence electrons. The third-order valence-electron chi connectivity index (χ3n) is 5.79. The molecule has 0 N–H and O–H groups in total. The number of nitrogens with zero attached hydrogens (tertiary/aromatic N) is 2. The molecule has 1 aromatic carbocycles. The normalized spacial score (nSPS) is 13.6. The molecule has 1 aliphatic heterocycles. The number of anilines is 1. The maximum absolute atomic E-state index is 13.6. The van der Waals surface area contributed by atoms with E-state index in [0.29, 0.717) is 47.4 Å². The predicted octanol–water partition coefficient (Wildman–Crippen LogP) is 4.73. The Labute approximate surface area is 193 Å². The van der Waals surface area contributed by atoms with Gasteiger partial charge in [0.25, 0.3) is 5.91 Å². The number of piperidine rings is 1. The van der Waals surface area contributed by atoms with Crippen LogP contribution in [0.1, 0.15) is 41.1 Å². The molecule has 3 heterocycles. The van der Waals surface area contributed by atoms with Crippen LogP contribution in [0.3, 0.4) is 0 Å². The molecule has 1 amide bonds.